The number of benzene rings is 1. The molecule has 2 aromatic rings. The van der Waals surface area contributed by atoms with Gasteiger partial charge in [-0.15, -0.1) is 0 Å². The summed E-state index contributed by atoms with van der Waals surface area (Å²) in [6.45, 7) is 4.65. The predicted octanol–water partition coefficient (Wildman–Crippen LogP) is 3.15. The Labute approximate surface area is 159 Å². The molecule has 146 valence electrons. The number of sulfonamides is 1. The maximum Gasteiger partial charge on any atom is 0.272 e. The van der Waals surface area contributed by atoms with E-state index in [1.54, 1.807) is 26.1 Å². The third-order valence-corrected chi connectivity index (χ3v) is 6.73. The number of nitrogens with zero attached hydrogens (tertiary/aromatic N) is 2. The first-order valence-corrected chi connectivity index (χ1v) is 10.4. The molecular formula is C19H24FN3O3S. The second kappa shape index (κ2) is 7.44. The normalized spacial score (nSPS) is 18.4. The van der Waals surface area contributed by atoms with E-state index in [1.807, 2.05) is 6.92 Å². The van der Waals surface area contributed by atoms with Gasteiger partial charge >= 0.3 is 0 Å². The minimum Gasteiger partial charge on any atom is -0.345 e. The molecule has 2 heterocycles. The van der Waals surface area contributed by atoms with Crippen LogP contribution in [0.2, 0.25) is 0 Å². The molecule has 1 aromatic carbocycles. The van der Waals surface area contributed by atoms with Gasteiger partial charge in [-0.3, -0.25) is 4.79 Å². The fourth-order valence-corrected chi connectivity index (χ4v) is 4.95. The van der Waals surface area contributed by atoms with Crippen LogP contribution in [0.15, 0.2) is 35.4 Å². The van der Waals surface area contributed by atoms with Crippen molar-refractivity contribution in [3.05, 3.63) is 47.5 Å². The minimum atomic E-state index is -3.64. The number of nitrogens with one attached hydrogen (secondary N) is 1. The summed E-state index contributed by atoms with van der Waals surface area (Å²) in [4.78, 5) is 12.6. The topological polar surface area (TPSA) is 71.4 Å². The molecule has 0 bridgehead atoms. The first-order valence-electron chi connectivity index (χ1n) is 8.92. The van der Waals surface area contributed by atoms with Crippen molar-refractivity contribution in [1.29, 1.82) is 0 Å². The molecule has 1 saturated heterocycles. The first-order chi connectivity index (χ1) is 12.7. The molecule has 0 radical (unpaired) electrons. The molecule has 1 aromatic heterocycles. The van der Waals surface area contributed by atoms with Gasteiger partial charge in [0.15, 0.2) is 0 Å². The van der Waals surface area contributed by atoms with Crippen LogP contribution in [0.25, 0.3) is 0 Å². The van der Waals surface area contributed by atoms with Crippen LogP contribution in [-0.4, -0.2) is 36.3 Å². The zero-order chi connectivity index (χ0) is 19.8. The van der Waals surface area contributed by atoms with Gasteiger partial charge in [-0.1, -0.05) is 13.0 Å². The number of hydrogen-bond acceptors (Lipinski definition) is 3. The van der Waals surface area contributed by atoms with E-state index < -0.39 is 21.7 Å². The molecule has 27 heavy (non-hydrogen) atoms. The average Bonchev–Trinajstić information content (AvgIpc) is 3.01. The van der Waals surface area contributed by atoms with Crippen LogP contribution < -0.4 is 5.32 Å². The lowest BCUT2D eigenvalue weighted by Crippen LogP contribution is -2.38. The molecule has 3 rings (SSSR count). The zero-order valence-corrected chi connectivity index (χ0v) is 16.5. The van der Waals surface area contributed by atoms with Crippen molar-refractivity contribution in [3.8, 4) is 0 Å². The average molecular weight is 393 g/mol. The Kier molecular flexibility index (Phi) is 5.39. The summed E-state index contributed by atoms with van der Waals surface area (Å²) in [6.07, 6.45) is 3.29. The van der Waals surface area contributed by atoms with Crippen molar-refractivity contribution >= 4 is 21.6 Å². The minimum absolute atomic E-state index is 0.0966. The molecule has 1 unspecified atom stereocenters. The highest BCUT2D eigenvalue weighted by Gasteiger charge is 2.30. The van der Waals surface area contributed by atoms with Crippen molar-refractivity contribution in [3.63, 3.8) is 0 Å². The van der Waals surface area contributed by atoms with E-state index in [0.29, 0.717) is 30.3 Å². The molecule has 1 N–H and O–H groups in total. The van der Waals surface area contributed by atoms with Crippen molar-refractivity contribution in [2.45, 2.75) is 31.6 Å². The Hall–Kier alpha value is -2.19. The SMILES string of the molecule is Cc1ccc(NC(=O)c2cc(S(=O)(=O)N3CCCC(C)C3)cn2C)cc1F. The number of aryl methyl sites for hydroxylation is 2. The Morgan fingerprint density at radius 2 is 2.04 bits per heavy atom. The number of amides is 1. The standard InChI is InChI=1S/C19H24FN3O3S/c1-13-5-4-8-23(11-13)27(25,26)16-10-18(22(3)12-16)19(24)21-15-7-6-14(2)17(20)9-15/h6-7,9-10,12-13H,4-5,8,11H2,1-3H3,(H,21,24). The lowest BCUT2D eigenvalue weighted by atomic mass is 10.0. The van der Waals surface area contributed by atoms with Crippen molar-refractivity contribution in [2.24, 2.45) is 13.0 Å². The Bertz CT molecular complexity index is 969. The molecule has 0 saturated carbocycles. The Morgan fingerprint density at radius 1 is 1.30 bits per heavy atom. The Balaban J connectivity index is 1.83. The zero-order valence-electron chi connectivity index (χ0n) is 15.7. The van der Waals surface area contributed by atoms with Crippen molar-refractivity contribution in [2.75, 3.05) is 18.4 Å². The molecule has 0 aliphatic carbocycles. The molecular weight excluding hydrogens is 369 g/mol. The molecule has 1 amide bonds. The lowest BCUT2D eigenvalue weighted by molar-refractivity contribution is 0.101. The summed E-state index contributed by atoms with van der Waals surface area (Å²) in [6, 6.07) is 5.78. The number of rotatable bonds is 4. The van der Waals surface area contributed by atoms with E-state index >= 15 is 0 Å². The van der Waals surface area contributed by atoms with E-state index in [1.165, 1.54) is 27.2 Å². The molecule has 1 aliphatic rings. The van der Waals surface area contributed by atoms with Gasteiger partial charge in [-0.25, -0.2) is 12.8 Å². The van der Waals surface area contributed by atoms with E-state index in [-0.39, 0.29) is 10.6 Å². The van der Waals surface area contributed by atoms with Gasteiger partial charge in [0.05, 0.1) is 0 Å². The van der Waals surface area contributed by atoms with E-state index in [9.17, 15) is 17.6 Å². The number of carbonyl (C=O) groups is 1. The second-order valence-electron chi connectivity index (χ2n) is 7.20. The smallest absolute Gasteiger partial charge is 0.272 e. The predicted molar refractivity (Wildman–Crippen MR) is 102 cm³/mol. The summed E-state index contributed by atoms with van der Waals surface area (Å²) in [5.74, 6) is -0.590. The van der Waals surface area contributed by atoms with Crippen molar-refractivity contribution < 1.29 is 17.6 Å². The van der Waals surface area contributed by atoms with Gasteiger partial charge in [-0.05, 0) is 49.4 Å². The van der Waals surface area contributed by atoms with Crippen LogP contribution in [0.3, 0.4) is 0 Å². The number of carbonyl (C=O) groups excluding carboxylic acids is 1. The molecule has 1 aliphatic heterocycles. The van der Waals surface area contributed by atoms with E-state index in [2.05, 4.69) is 5.32 Å². The van der Waals surface area contributed by atoms with Gasteiger partial charge in [0.1, 0.15) is 16.4 Å². The second-order valence-corrected chi connectivity index (χ2v) is 9.14. The van der Waals surface area contributed by atoms with Crippen LogP contribution in [-0.2, 0) is 17.1 Å². The number of piperidine rings is 1. The molecule has 6 nitrogen and oxygen atoms in total. The van der Waals surface area contributed by atoms with Crippen LogP contribution in [0.5, 0.6) is 0 Å². The number of halogens is 1. The van der Waals surface area contributed by atoms with Gasteiger partial charge < -0.3 is 9.88 Å². The van der Waals surface area contributed by atoms with Gasteiger partial charge in [0.25, 0.3) is 5.91 Å². The highest BCUT2D eigenvalue weighted by Crippen LogP contribution is 2.25. The van der Waals surface area contributed by atoms with Crippen LogP contribution in [0, 0.1) is 18.7 Å². The van der Waals surface area contributed by atoms with Gasteiger partial charge in [0.2, 0.25) is 10.0 Å². The van der Waals surface area contributed by atoms with Gasteiger partial charge in [-0.2, -0.15) is 4.31 Å². The highest BCUT2D eigenvalue weighted by atomic mass is 32.2. The third kappa shape index (κ3) is 4.06. The Morgan fingerprint density at radius 3 is 2.70 bits per heavy atom. The summed E-state index contributed by atoms with van der Waals surface area (Å²) in [5, 5.41) is 2.61. The lowest BCUT2D eigenvalue weighted by Gasteiger charge is -2.29. The van der Waals surface area contributed by atoms with E-state index in [0.717, 1.165) is 12.8 Å². The molecule has 8 heteroatoms. The van der Waals surface area contributed by atoms with Crippen LogP contribution in [0.1, 0.15) is 35.8 Å². The fourth-order valence-electron chi connectivity index (χ4n) is 3.28. The summed E-state index contributed by atoms with van der Waals surface area (Å²) < 4.78 is 42.4. The summed E-state index contributed by atoms with van der Waals surface area (Å²) in [5.41, 5.74) is 0.995. The van der Waals surface area contributed by atoms with Crippen LogP contribution in [0.4, 0.5) is 10.1 Å². The summed E-state index contributed by atoms with van der Waals surface area (Å²) >= 11 is 0. The van der Waals surface area contributed by atoms with Crippen molar-refractivity contribution in [1.82, 2.24) is 8.87 Å². The van der Waals surface area contributed by atoms with Crippen LogP contribution >= 0.6 is 0 Å². The van der Waals surface area contributed by atoms with Gasteiger partial charge in [0, 0.05) is 32.0 Å². The molecule has 1 fully saturated rings. The highest BCUT2D eigenvalue weighted by molar-refractivity contribution is 7.89. The molecule has 0 spiro atoms. The maximum absolute atomic E-state index is 13.7. The number of anilines is 1. The number of hydrogen-bond donors (Lipinski definition) is 1. The largest absolute Gasteiger partial charge is 0.345 e. The number of aromatic nitrogens is 1. The maximum atomic E-state index is 13.7. The fraction of sp³-hybridized carbons (Fsp3) is 0.421. The monoisotopic (exact) mass is 393 g/mol. The quantitative estimate of drug-likeness (QED) is 0.867. The first kappa shape index (κ1) is 19.6. The van der Waals surface area contributed by atoms with E-state index in [4.69, 9.17) is 0 Å². The third-order valence-electron chi connectivity index (χ3n) is 4.90. The summed E-state index contributed by atoms with van der Waals surface area (Å²) in [7, 11) is -2.03. The molecule has 1 atom stereocenters.